The molecule has 2 aliphatic carbocycles. The van der Waals surface area contributed by atoms with Crippen LogP contribution in [-0.2, 0) is 10.8 Å². The van der Waals surface area contributed by atoms with Gasteiger partial charge in [0.05, 0.1) is 11.2 Å². The second kappa shape index (κ2) is 9.50. The van der Waals surface area contributed by atoms with Crippen molar-refractivity contribution in [1.29, 1.82) is 0 Å². The summed E-state index contributed by atoms with van der Waals surface area (Å²) >= 11 is 0. The van der Waals surface area contributed by atoms with Crippen molar-refractivity contribution in [3.63, 3.8) is 0 Å². The van der Waals surface area contributed by atoms with Crippen molar-refractivity contribution in [1.82, 2.24) is 9.97 Å². The Kier molecular flexibility index (Phi) is 6.10. The van der Waals surface area contributed by atoms with Crippen molar-refractivity contribution in [2.24, 2.45) is 0 Å². The average molecular weight is 510 g/mol. The van der Waals surface area contributed by atoms with Crippen LogP contribution in [0.1, 0.15) is 74.0 Å². The van der Waals surface area contributed by atoms with Crippen LogP contribution in [0.15, 0.2) is 103 Å². The fraction of sp³-hybridized carbons (Fsp3) is 0.222. The van der Waals surface area contributed by atoms with Gasteiger partial charge in [-0.2, -0.15) is 0 Å². The molecule has 0 saturated heterocycles. The molecule has 0 fully saturated rings. The number of nitrogens with two attached hydrogens (primary N) is 1. The number of hydrogen-bond donors (Lipinski definition) is 1. The van der Waals surface area contributed by atoms with Crippen molar-refractivity contribution in [2.45, 2.75) is 51.4 Å². The number of allylic oxidation sites excluding steroid dienone is 8. The number of hydrogen-bond acceptors (Lipinski definition) is 3. The zero-order valence-corrected chi connectivity index (χ0v) is 23.2. The molecule has 2 aromatic carbocycles. The molecule has 0 amide bonds. The molecule has 2 heterocycles. The van der Waals surface area contributed by atoms with Crippen LogP contribution in [0.5, 0.6) is 0 Å². The zero-order valence-electron chi connectivity index (χ0n) is 23.2. The largest absolute Gasteiger partial charge is 0.399 e. The SMILES string of the molecule is CC(C)(C)c1c(C2=CC=CC2)nc2ccc(C(C)(c3cccnc3)c3cccc(N)c3)cc2c1C1=CC=CC1. The summed E-state index contributed by atoms with van der Waals surface area (Å²) in [6, 6.07) is 19.2. The molecule has 39 heavy (non-hydrogen) atoms. The van der Waals surface area contributed by atoms with Crippen LogP contribution in [0.4, 0.5) is 5.69 Å². The van der Waals surface area contributed by atoms with E-state index < -0.39 is 5.41 Å². The van der Waals surface area contributed by atoms with E-state index >= 15 is 0 Å². The molecule has 2 aromatic heterocycles. The monoisotopic (exact) mass is 509 g/mol. The summed E-state index contributed by atoms with van der Waals surface area (Å²) < 4.78 is 0. The Morgan fingerprint density at radius 2 is 1.49 bits per heavy atom. The van der Waals surface area contributed by atoms with Crippen LogP contribution in [0.3, 0.4) is 0 Å². The van der Waals surface area contributed by atoms with Gasteiger partial charge in [-0.05, 0) is 94.5 Å². The maximum Gasteiger partial charge on any atom is 0.0715 e. The van der Waals surface area contributed by atoms with Gasteiger partial charge in [-0.25, -0.2) is 4.98 Å². The number of nitrogen functional groups attached to an aromatic ring is 1. The summed E-state index contributed by atoms with van der Waals surface area (Å²) in [5.41, 5.74) is 17.4. The molecule has 3 nitrogen and oxygen atoms in total. The summed E-state index contributed by atoms with van der Waals surface area (Å²) in [5, 5.41) is 1.20. The summed E-state index contributed by atoms with van der Waals surface area (Å²) in [4.78, 5) is 9.85. The van der Waals surface area contributed by atoms with Gasteiger partial charge in [0.2, 0.25) is 0 Å². The summed E-state index contributed by atoms with van der Waals surface area (Å²) in [7, 11) is 0. The Balaban J connectivity index is 1.69. The minimum absolute atomic E-state index is 0.0880. The molecule has 0 radical (unpaired) electrons. The molecule has 194 valence electrons. The highest BCUT2D eigenvalue weighted by Gasteiger charge is 2.34. The molecule has 0 spiro atoms. The number of nitrogens with zero attached hydrogens (tertiary/aromatic N) is 2. The topological polar surface area (TPSA) is 51.8 Å². The van der Waals surface area contributed by atoms with E-state index in [2.05, 4.69) is 106 Å². The van der Waals surface area contributed by atoms with E-state index in [4.69, 9.17) is 10.7 Å². The van der Waals surface area contributed by atoms with Gasteiger partial charge >= 0.3 is 0 Å². The lowest BCUT2D eigenvalue weighted by atomic mass is 9.70. The zero-order chi connectivity index (χ0) is 27.2. The van der Waals surface area contributed by atoms with E-state index in [1.807, 2.05) is 30.6 Å². The Hall–Kier alpha value is -4.24. The van der Waals surface area contributed by atoms with Crippen molar-refractivity contribution in [3.05, 3.63) is 137 Å². The summed E-state index contributed by atoms with van der Waals surface area (Å²) in [6.45, 7) is 9.21. The van der Waals surface area contributed by atoms with Gasteiger partial charge in [-0.3, -0.25) is 4.98 Å². The molecule has 1 unspecified atom stereocenters. The number of pyridine rings is 2. The molecule has 2 N–H and O–H groups in total. The van der Waals surface area contributed by atoms with Crippen LogP contribution in [0, 0.1) is 0 Å². The van der Waals surface area contributed by atoms with Gasteiger partial charge < -0.3 is 5.73 Å². The third kappa shape index (κ3) is 4.32. The molecular weight excluding hydrogens is 474 g/mol. The normalized spacial score (nSPS) is 16.4. The quantitative estimate of drug-likeness (QED) is 0.274. The van der Waals surface area contributed by atoms with E-state index in [1.165, 1.54) is 33.2 Å². The van der Waals surface area contributed by atoms with Crippen LogP contribution >= 0.6 is 0 Å². The van der Waals surface area contributed by atoms with Crippen molar-refractivity contribution < 1.29 is 0 Å². The molecule has 0 aliphatic heterocycles. The first-order chi connectivity index (χ1) is 18.8. The number of anilines is 1. The number of benzene rings is 2. The summed E-state index contributed by atoms with van der Waals surface area (Å²) in [6.07, 6.45) is 19.0. The van der Waals surface area contributed by atoms with Crippen LogP contribution in [0.25, 0.3) is 22.0 Å². The van der Waals surface area contributed by atoms with Crippen LogP contribution in [0.2, 0.25) is 0 Å². The lowest BCUT2D eigenvalue weighted by molar-refractivity contribution is 0.584. The van der Waals surface area contributed by atoms with Gasteiger partial charge in [-0.15, -0.1) is 0 Å². The maximum atomic E-state index is 6.30. The molecule has 6 rings (SSSR count). The standard InChI is InChI=1S/C36H35N3/c1-35(2,3)33-32(24-11-5-6-12-24)30-22-27(18-19-31(30)39-34(33)25-13-7-8-14-25)36(4,28-16-10-20-38-23-28)26-15-9-17-29(37)21-26/h5-11,13,15-23H,12,14,37H2,1-4H3. The fourth-order valence-corrected chi connectivity index (χ4v) is 6.13. The first-order valence-electron chi connectivity index (χ1n) is 13.7. The molecule has 0 saturated carbocycles. The highest BCUT2D eigenvalue weighted by atomic mass is 14.7. The second-order valence-corrected chi connectivity index (χ2v) is 11.8. The lowest BCUT2D eigenvalue weighted by Crippen LogP contribution is -2.26. The Morgan fingerprint density at radius 3 is 2.13 bits per heavy atom. The summed E-state index contributed by atoms with van der Waals surface area (Å²) in [5.74, 6) is 0. The number of fused-ring (bicyclic) bond motifs is 1. The number of aromatic nitrogens is 2. The van der Waals surface area contributed by atoms with E-state index in [1.54, 1.807) is 0 Å². The van der Waals surface area contributed by atoms with E-state index in [0.29, 0.717) is 0 Å². The predicted octanol–water partition coefficient (Wildman–Crippen LogP) is 8.55. The van der Waals surface area contributed by atoms with Gasteiger partial charge in [0, 0.05) is 28.9 Å². The highest BCUT2D eigenvalue weighted by Crippen LogP contribution is 2.45. The van der Waals surface area contributed by atoms with Gasteiger partial charge in [0.1, 0.15) is 0 Å². The molecule has 4 aromatic rings. The molecule has 2 aliphatic rings. The van der Waals surface area contributed by atoms with Gasteiger partial charge in [0.15, 0.2) is 0 Å². The Morgan fingerprint density at radius 1 is 0.769 bits per heavy atom. The average Bonchev–Trinajstić information content (AvgIpc) is 3.66. The first-order valence-corrected chi connectivity index (χ1v) is 13.7. The maximum absolute atomic E-state index is 6.30. The van der Waals surface area contributed by atoms with Crippen LogP contribution < -0.4 is 5.73 Å². The Labute approximate surface area is 231 Å². The fourth-order valence-electron chi connectivity index (χ4n) is 6.13. The van der Waals surface area contributed by atoms with Crippen molar-refractivity contribution >= 4 is 27.7 Å². The molecule has 0 bridgehead atoms. The van der Waals surface area contributed by atoms with Crippen LogP contribution in [-0.4, -0.2) is 9.97 Å². The molecule has 3 heteroatoms. The smallest absolute Gasteiger partial charge is 0.0715 e. The lowest BCUT2D eigenvalue weighted by Gasteiger charge is -2.33. The minimum Gasteiger partial charge on any atom is -0.399 e. The molecule has 1 atom stereocenters. The molecular formula is C36H35N3. The predicted molar refractivity (Wildman–Crippen MR) is 165 cm³/mol. The highest BCUT2D eigenvalue weighted by molar-refractivity contribution is 5.97. The van der Waals surface area contributed by atoms with E-state index in [0.717, 1.165) is 40.9 Å². The first kappa shape index (κ1) is 25.1. The van der Waals surface area contributed by atoms with Crippen molar-refractivity contribution in [2.75, 3.05) is 5.73 Å². The van der Waals surface area contributed by atoms with Gasteiger partial charge in [0.25, 0.3) is 0 Å². The number of rotatable bonds is 5. The van der Waals surface area contributed by atoms with E-state index in [9.17, 15) is 0 Å². The minimum atomic E-state index is -0.449. The van der Waals surface area contributed by atoms with Gasteiger partial charge in [-0.1, -0.05) is 81.5 Å². The Bertz CT molecular complexity index is 1700. The third-order valence-electron chi connectivity index (χ3n) is 8.18. The van der Waals surface area contributed by atoms with Crippen molar-refractivity contribution in [3.8, 4) is 0 Å². The third-order valence-corrected chi connectivity index (χ3v) is 8.18. The van der Waals surface area contributed by atoms with E-state index in [-0.39, 0.29) is 5.41 Å². The second-order valence-electron chi connectivity index (χ2n) is 11.8.